The van der Waals surface area contributed by atoms with Crippen LogP contribution in [0.5, 0.6) is 5.75 Å². The van der Waals surface area contributed by atoms with Crippen LogP contribution in [-0.2, 0) is 28.4 Å². The van der Waals surface area contributed by atoms with Crippen molar-refractivity contribution in [3.8, 4) is 28.1 Å². The summed E-state index contributed by atoms with van der Waals surface area (Å²) < 4.78 is 39.0. The first-order valence-corrected chi connectivity index (χ1v) is 14.0. The second-order valence-corrected chi connectivity index (χ2v) is 11.9. The van der Waals surface area contributed by atoms with Crippen LogP contribution in [0.3, 0.4) is 0 Å². The molecule has 11 heteroatoms. The molecule has 10 nitrogen and oxygen atoms in total. The molecule has 206 valence electrons. The molecule has 5 rings (SSSR count). The van der Waals surface area contributed by atoms with Gasteiger partial charge in [-0.3, -0.25) is 4.68 Å². The van der Waals surface area contributed by atoms with E-state index in [1.807, 2.05) is 43.6 Å². The van der Waals surface area contributed by atoms with E-state index < -0.39 is 21.7 Å². The minimum atomic E-state index is -3.97. The smallest absolute Gasteiger partial charge is 0.435 e. The van der Waals surface area contributed by atoms with Crippen LogP contribution in [0, 0.1) is 0 Å². The Morgan fingerprint density at radius 1 is 1.00 bits per heavy atom. The number of sulfonamides is 1. The van der Waals surface area contributed by atoms with Gasteiger partial charge in [0.05, 0.1) is 16.6 Å². The van der Waals surface area contributed by atoms with Gasteiger partial charge in [0, 0.05) is 35.3 Å². The van der Waals surface area contributed by atoms with Crippen molar-refractivity contribution in [2.45, 2.75) is 37.9 Å². The standard InChI is InChI=1S/C29H29N5O5S/c1-29(2,3)39-28(35)34-25-14-23(21-16-31-33(4)17-21)26(38-18-19-9-6-5-7-10-19)15-24(25)27(32-34)20-11-8-12-22(13-20)40(30,36)37/h5-17H,18H2,1-4H3,(H2,30,36,37). The second kappa shape index (κ2) is 10.2. The number of nitrogens with zero attached hydrogens (tertiary/aromatic N) is 4. The van der Waals surface area contributed by atoms with Crippen molar-refractivity contribution in [3.05, 3.63) is 84.7 Å². The van der Waals surface area contributed by atoms with Crippen molar-refractivity contribution in [2.75, 3.05) is 0 Å². The number of carbonyl (C=O) groups excluding carboxylic acids is 1. The maximum absolute atomic E-state index is 13.3. The molecular weight excluding hydrogens is 530 g/mol. The van der Waals surface area contributed by atoms with E-state index in [0.29, 0.717) is 40.1 Å². The number of carbonyl (C=O) groups is 1. The quantitative estimate of drug-likeness (QED) is 0.306. The largest absolute Gasteiger partial charge is 0.488 e. The number of nitrogens with two attached hydrogens (primary N) is 1. The summed E-state index contributed by atoms with van der Waals surface area (Å²) in [5, 5.41) is 14.9. The molecule has 0 radical (unpaired) electrons. The van der Waals surface area contributed by atoms with Crippen molar-refractivity contribution in [2.24, 2.45) is 12.2 Å². The van der Waals surface area contributed by atoms with Gasteiger partial charge in [-0.2, -0.15) is 14.9 Å². The van der Waals surface area contributed by atoms with E-state index >= 15 is 0 Å². The fourth-order valence-electron chi connectivity index (χ4n) is 4.26. The topological polar surface area (TPSA) is 131 Å². The highest BCUT2D eigenvalue weighted by molar-refractivity contribution is 7.89. The molecule has 2 aromatic heterocycles. The van der Waals surface area contributed by atoms with E-state index in [2.05, 4.69) is 10.2 Å². The Morgan fingerprint density at radius 3 is 2.40 bits per heavy atom. The zero-order chi connectivity index (χ0) is 28.7. The highest BCUT2D eigenvalue weighted by Gasteiger charge is 2.25. The summed E-state index contributed by atoms with van der Waals surface area (Å²) in [6.07, 6.45) is 2.88. The van der Waals surface area contributed by atoms with Gasteiger partial charge in [0.1, 0.15) is 23.7 Å². The van der Waals surface area contributed by atoms with Gasteiger partial charge >= 0.3 is 6.09 Å². The monoisotopic (exact) mass is 559 g/mol. The van der Waals surface area contributed by atoms with Crippen molar-refractivity contribution in [1.82, 2.24) is 19.6 Å². The lowest BCUT2D eigenvalue weighted by Crippen LogP contribution is -2.27. The SMILES string of the molecule is Cn1cc(-c2cc3c(cc2OCc2ccccc2)c(-c2cccc(S(N)(=O)=O)c2)nn3C(=O)OC(C)(C)C)cn1. The highest BCUT2D eigenvalue weighted by Crippen LogP contribution is 2.39. The maximum Gasteiger partial charge on any atom is 0.435 e. The summed E-state index contributed by atoms with van der Waals surface area (Å²) >= 11 is 0. The van der Waals surface area contributed by atoms with Crippen LogP contribution in [-0.4, -0.2) is 39.7 Å². The molecule has 5 aromatic rings. The average molecular weight is 560 g/mol. The van der Waals surface area contributed by atoms with Crippen molar-refractivity contribution in [3.63, 3.8) is 0 Å². The molecule has 0 saturated carbocycles. The molecule has 0 bridgehead atoms. The lowest BCUT2D eigenvalue weighted by molar-refractivity contribution is 0.0523. The van der Waals surface area contributed by atoms with E-state index in [1.165, 1.54) is 16.8 Å². The summed E-state index contributed by atoms with van der Waals surface area (Å²) in [6.45, 7) is 5.60. The summed E-state index contributed by atoms with van der Waals surface area (Å²) in [5.74, 6) is 0.539. The van der Waals surface area contributed by atoms with Gasteiger partial charge in [0.25, 0.3) is 0 Å². The summed E-state index contributed by atoms with van der Waals surface area (Å²) in [6, 6.07) is 19.4. The van der Waals surface area contributed by atoms with Crippen LogP contribution >= 0.6 is 0 Å². The Bertz CT molecular complexity index is 1820. The molecule has 0 aliphatic heterocycles. The third kappa shape index (κ3) is 5.75. The van der Waals surface area contributed by atoms with E-state index in [9.17, 15) is 13.2 Å². The van der Waals surface area contributed by atoms with Gasteiger partial charge in [-0.25, -0.2) is 18.4 Å². The Kier molecular flexibility index (Phi) is 6.94. The summed E-state index contributed by atoms with van der Waals surface area (Å²) in [5.41, 5.74) is 2.97. The number of rotatable bonds is 6. The number of fused-ring (bicyclic) bond motifs is 1. The number of aryl methyl sites for hydroxylation is 1. The highest BCUT2D eigenvalue weighted by atomic mass is 32.2. The molecule has 0 fully saturated rings. The number of ether oxygens (including phenoxy) is 2. The lowest BCUT2D eigenvalue weighted by Gasteiger charge is -2.19. The number of hydrogen-bond donors (Lipinski definition) is 1. The molecule has 2 N–H and O–H groups in total. The van der Waals surface area contributed by atoms with Gasteiger partial charge in [0.15, 0.2) is 0 Å². The van der Waals surface area contributed by atoms with E-state index in [4.69, 9.17) is 14.6 Å². The van der Waals surface area contributed by atoms with Crippen LogP contribution in [0.2, 0.25) is 0 Å². The maximum atomic E-state index is 13.3. The van der Waals surface area contributed by atoms with Crippen LogP contribution in [0.25, 0.3) is 33.3 Å². The Morgan fingerprint density at radius 2 is 1.75 bits per heavy atom. The number of primary sulfonamides is 1. The summed E-state index contributed by atoms with van der Waals surface area (Å²) in [4.78, 5) is 13.2. The molecule has 0 aliphatic carbocycles. The average Bonchev–Trinajstić information content (AvgIpc) is 3.49. The molecule has 0 saturated heterocycles. The lowest BCUT2D eigenvalue weighted by atomic mass is 10.0. The minimum Gasteiger partial charge on any atom is -0.488 e. The van der Waals surface area contributed by atoms with E-state index in [0.717, 1.165) is 11.1 Å². The normalized spacial score (nSPS) is 12.0. The molecule has 0 spiro atoms. The molecule has 0 atom stereocenters. The second-order valence-electron chi connectivity index (χ2n) is 10.4. The Balaban J connectivity index is 1.74. The fourth-order valence-corrected chi connectivity index (χ4v) is 4.82. The molecule has 0 amide bonds. The van der Waals surface area contributed by atoms with E-state index in [1.54, 1.807) is 55.9 Å². The van der Waals surface area contributed by atoms with Crippen molar-refractivity contribution < 1.29 is 22.7 Å². The van der Waals surface area contributed by atoms with Gasteiger partial charge in [-0.15, -0.1) is 0 Å². The zero-order valence-corrected chi connectivity index (χ0v) is 23.3. The number of aromatic nitrogens is 4. The third-order valence-corrected chi connectivity index (χ3v) is 6.95. The Labute approximate surface area is 232 Å². The van der Waals surface area contributed by atoms with Crippen LogP contribution in [0.4, 0.5) is 4.79 Å². The molecular formula is C29H29N5O5S. The minimum absolute atomic E-state index is 0.0718. The number of hydrogen-bond acceptors (Lipinski definition) is 7. The van der Waals surface area contributed by atoms with E-state index in [-0.39, 0.29) is 4.90 Å². The Hall–Kier alpha value is -4.48. The molecule has 2 heterocycles. The third-order valence-electron chi connectivity index (χ3n) is 6.04. The van der Waals surface area contributed by atoms with Crippen LogP contribution < -0.4 is 9.88 Å². The molecule has 0 unspecified atom stereocenters. The molecule has 3 aromatic carbocycles. The molecule has 0 aliphatic rings. The fraction of sp³-hybridized carbons (Fsp3) is 0.207. The predicted octanol–water partition coefficient (Wildman–Crippen LogP) is 5.11. The van der Waals surface area contributed by atoms with Crippen molar-refractivity contribution in [1.29, 1.82) is 0 Å². The first-order valence-electron chi connectivity index (χ1n) is 12.5. The summed E-state index contributed by atoms with van der Waals surface area (Å²) in [7, 11) is -2.15. The van der Waals surface area contributed by atoms with Crippen molar-refractivity contribution >= 4 is 27.0 Å². The van der Waals surface area contributed by atoms with Crippen LogP contribution in [0.15, 0.2) is 84.0 Å². The zero-order valence-electron chi connectivity index (χ0n) is 22.5. The first-order chi connectivity index (χ1) is 18.9. The van der Waals surface area contributed by atoms with Gasteiger partial charge in [-0.05, 0) is 50.6 Å². The van der Waals surface area contributed by atoms with Gasteiger partial charge in [-0.1, -0.05) is 42.5 Å². The molecule has 40 heavy (non-hydrogen) atoms. The van der Waals surface area contributed by atoms with Gasteiger partial charge in [0.2, 0.25) is 10.0 Å². The van der Waals surface area contributed by atoms with Crippen LogP contribution in [0.1, 0.15) is 26.3 Å². The van der Waals surface area contributed by atoms with Gasteiger partial charge < -0.3 is 9.47 Å². The first kappa shape index (κ1) is 27.1. The predicted molar refractivity (Wildman–Crippen MR) is 151 cm³/mol. The number of benzene rings is 3.